The number of rotatable bonds is 6. The molecule has 1 unspecified atom stereocenters. The van der Waals surface area contributed by atoms with Crippen LogP contribution in [0.15, 0.2) is 18.2 Å². The molecule has 0 bridgehead atoms. The van der Waals surface area contributed by atoms with Crippen LogP contribution in [0.1, 0.15) is 37.8 Å². The summed E-state index contributed by atoms with van der Waals surface area (Å²) in [5, 5.41) is 0. The second-order valence-electron chi connectivity index (χ2n) is 4.45. The summed E-state index contributed by atoms with van der Waals surface area (Å²) in [4.78, 5) is 0. The van der Waals surface area contributed by atoms with Crippen molar-refractivity contribution in [3.05, 3.63) is 29.3 Å². The average molecular weight is 261 g/mol. The molecule has 3 nitrogen and oxygen atoms in total. The summed E-state index contributed by atoms with van der Waals surface area (Å²) in [5.41, 5.74) is 7.36. The number of methoxy groups -OCH3 is 1. The third-order valence-corrected chi connectivity index (χ3v) is 2.82. The Labute approximate surface area is 116 Å². The molecular formula is C16H23NO2. The lowest BCUT2D eigenvalue weighted by molar-refractivity contribution is 0.0471. The molecular weight excluding hydrogens is 238 g/mol. The van der Waals surface area contributed by atoms with Gasteiger partial charge in [0.05, 0.1) is 31.9 Å². The van der Waals surface area contributed by atoms with Crippen molar-refractivity contribution in [2.45, 2.75) is 39.4 Å². The second kappa shape index (κ2) is 8.58. The van der Waals surface area contributed by atoms with Crippen LogP contribution in [0, 0.1) is 11.8 Å². The Morgan fingerprint density at radius 3 is 2.79 bits per heavy atom. The summed E-state index contributed by atoms with van der Waals surface area (Å²) >= 11 is 0. The van der Waals surface area contributed by atoms with Gasteiger partial charge in [-0.15, -0.1) is 0 Å². The van der Waals surface area contributed by atoms with E-state index < -0.39 is 0 Å². The summed E-state index contributed by atoms with van der Waals surface area (Å²) in [7, 11) is 1.64. The molecule has 0 fully saturated rings. The molecule has 1 rings (SSSR count). The zero-order valence-corrected chi connectivity index (χ0v) is 12.0. The Morgan fingerprint density at radius 1 is 1.37 bits per heavy atom. The fourth-order valence-electron chi connectivity index (χ4n) is 1.82. The normalized spacial score (nSPS) is 11.6. The molecule has 0 saturated heterocycles. The Kier molecular flexibility index (Phi) is 7.02. The summed E-state index contributed by atoms with van der Waals surface area (Å²) in [6, 6.07) is 5.93. The van der Waals surface area contributed by atoms with Gasteiger partial charge in [-0.1, -0.05) is 31.3 Å². The zero-order valence-electron chi connectivity index (χ0n) is 12.0. The quantitative estimate of drug-likeness (QED) is 0.801. The average Bonchev–Trinajstić information content (AvgIpc) is 2.43. The van der Waals surface area contributed by atoms with Crippen LogP contribution in [0.4, 0.5) is 0 Å². The van der Waals surface area contributed by atoms with Crippen molar-refractivity contribution in [3.8, 4) is 17.6 Å². The molecule has 0 amide bonds. The molecule has 1 atom stereocenters. The molecule has 0 aliphatic heterocycles. The fraction of sp³-hybridized carbons (Fsp3) is 0.500. The first kappa shape index (κ1) is 15.6. The van der Waals surface area contributed by atoms with Gasteiger partial charge in [0.1, 0.15) is 5.75 Å². The van der Waals surface area contributed by atoms with Gasteiger partial charge in [-0.25, -0.2) is 0 Å². The van der Waals surface area contributed by atoms with Crippen molar-refractivity contribution >= 4 is 0 Å². The lowest BCUT2D eigenvalue weighted by Crippen LogP contribution is -2.07. The summed E-state index contributed by atoms with van der Waals surface area (Å²) in [5.74, 6) is 6.64. The van der Waals surface area contributed by atoms with Gasteiger partial charge in [-0.3, -0.25) is 0 Å². The molecule has 0 aromatic heterocycles. The van der Waals surface area contributed by atoms with E-state index in [1.807, 2.05) is 18.2 Å². The molecule has 0 heterocycles. The minimum atomic E-state index is 0.283. The number of hydrogen-bond donors (Lipinski definition) is 1. The van der Waals surface area contributed by atoms with Gasteiger partial charge in [-0.2, -0.15) is 0 Å². The van der Waals surface area contributed by atoms with Crippen LogP contribution in [0.3, 0.4) is 0 Å². The van der Waals surface area contributed by atoms with E-state index >= 15 is 0 Å². The van der Waals surface area contributed by atoms with Crippen LogP contribution in [0.2, 0.25) is 0 Å². The van der Waals surface area contributed by atoms with Crippen molar-refractivity contribution in [1.29, 1.82) is 0 Å². The first-order valence-electron chi connectivity index (χ1n) is 6.68. The maximum Gasteiger partial charge on any atom is 0.134 e. The van der Waals surface area contributed by atoms with Gasteiger partial charge in [0.25, 0.3) is 0 Å². The number of benzene rings is 1. The van der Waals surface area contributed by atoms with Crippen molar-refractivity contribution in [2.75, 3.05) is 13.7 Å². The molecule has 1 aromatic rings. The molecule has 3 heteroatoms. The fourth-order valence-corrected chi connectivity index (χ4v) is 1.82. The van der Waals surface area contributed by atoms with E-state index in [1.165, 1.54) is 0 Å². The molecule has 104 valence electrons. The van der Waals surface area contributed by atoms with Crippen LogP contribution in [0.25, 0.3) is 0 Å². The van der Waals surface area contributed by atoms with Crippen molar-refractivity contribution in [3.63, 3.8) is 0 Å². The number of hydrogen-bond acceptors (Lipinski definition) is 3. The molecule has 0 aliphatic carbocycles. The van der Waals surface area contributed by atoms with Gasteiger partial charge < -0.3 is 15.2 Å². The molecule has 19 heavy (non-hydrogen) atoms. The third kappa shape index (κ3) is 5.34. The largest absolute Gasteiger partial charge is 0.495 e. The summed E-state index contributed by atoms with van der Waals surface area (Å²) in [6.07, 6.45) is 2.50. The van der Waals surface area contributed by atoms with Gasteiger partial charge >= 0.3 is 0 Å². The number of nitrogens with two attached hydrogens (primary N) is 1. The Bertz CT molecular complexity index is 446. The third-order valence-electron chi connectivity index (χ3n) is 2.82. The SMILES string of the molecule is CCCC(C)OCc1ccc(OC)c(C#CCN)c1. The topological polar surface area (TPSA) is 44.5 Å². The van der Waals surface area contributed by atoms with Crippen molar-refractivity contribution in [1.82, 2.24) is 0 Å². The molecule has 0 saturated carbocycles. The molecule has 0 spiro atoms. The van der Waals surface area contributed by atoms with Gasteiger partial charge in [0.15, 0.2) is 0 Å². The highest BCUT2D eigenvalue weighted by molar-refractivity contribution is 5.48. The highest BCUT2D eigenvalue weighted by Crippen LogP contribution is 2.19. The monoisotopic (exact) mass is 261 g/mol. The molecule has 2 N–H and O–H groups in total. The maximum absolute atomic E-state index is 5.79. The zero-order chi connectivity index (χ0) is 14.1. The molecule has 0 aliphatic rings. The van der Waals surface area contributed by atoms with Crippen LogP contribution in [-0.4, -0.2) is 19.8 Å². The van der Waals surface area contributed by atoms with E-state index in [-0.39, 0.29) is 6.10 Å². The van der Waals surface area contributed by atoms with Crippen LogP contribution in [-0.2, 0) is 11.3 Å². The van der Waals surface area contributed by atoms with E-state index in [1.54, 1.807) is 7.11 Å². The summed E-state index contributed by atoms with van der Waals surface area (Å²) < 4.78 is 11.1. The molecule has 0 radical (unpaired) electrons. The highest BCUT2D eigenvalue weighted by atomic mass is 16.5. The van der Waals surface area contributed by atoms with Crippen LogP contribution in [0.5, 0.6) is 5.75 Å². The van der Waals surface area contributed by atoms with E-state index in [0.29, 0.717) is 13.2 Å². The Balaban J connectivity index is 2.74. The van der Waals surface area contributed by atoms with E-state index in [0.717, 1.165) is 29.7 Å². The van der Waals surface area contributed by atoms with E-state index in [4.69, 9.17) is 15.2 Å². The van der Waals surface area contributed by atoms with Gasteiger partial charge in [0, 0.05) is 0 Å². The summed E-state index contributed by atoms with van der Waals surface area (Å²) in [6.45, 7) is 5.20. The van der Waals surface area contributed by atoms with Gasteiger partial charge in [-0.05, 0) is 31.0 Å². The lowest BCUT2D eigenvalue weighted by Gasteiger charge is -2.12. The van der Waals surface area contributed by atoms with Crippen molar-refractivity contribution in [2.24, 2.45) is 5.73 Å². The predicted octanol–water partition coefficient (Wildman–Crippen LogP) is 2.71. The van der Waals surface area contributed by atoms with Crippen LogP contribution >= 0.6 is 0 Å². The standard InChI is InChI=1S/C16H23NO2/c1-4-6-13(2)19-12-14-8-9-16(18-3)15(11-14)7-5-10-17/h8-9,11,13H,4,6,10,12,17H2,1-3H3. The first-order chi connectivity index (χ1) is 9.21. The second-order valence-corrected chi connectivity index (χ2v) is 4.45. The van der Waals surface area contributed by atoms with Gasteiger partial charge in [0.2, 0.25) is 0 Å². The molecule has 1 aromatic carbocycles. The lowest BCUT2D eigenvalue weighted by atomic mass is 10.1. The minimum Gasteiger partial charge on any atom is -0.495 e. The maximum atomic E-state index is 5.79. The van der Waals surface area contributed by atoms with E-state index in [9.17, 15) is 0 Å². The smallest absolute Gasteiger partial charge is 0.134 e. The Hall–Kier alpha value is -1.50. The van der Waals surface area contributed by atoms with Crippen molar-refractivity contribution < 1.29 is 9.47 Å². The first-order valence-corrected chi connectivity index (χ1v) is 6.68. The minimum absolute atomic E-state index is 0.283. The van der Waals surface area contributed by atoms with E-state index in [2.05, 4.69) is 25.7 Å². The predicted molar refractivity (Wildman–Crippen MR) is 78.1 cm³/mol. The highest BCUT2D eigenvalue weighted by Gasteiger charge is 2.05. The van der Waals surface area contributed by atoms with Crippen LogP contribution < -0.4 is 10.5 Å². The number of ether oxygens (including phenoxy) is 2. The Morgan fingerprint density at radius 2 is 2.16 bits per heavy atom.